The van der Waals surface area contributed by atoms with E-state index in [0.29, 0.717) is 18.0 Å². The van der Waals surface area contributed by atoms with Crippen molar-refractivity contribution in [2.24, 2.45) is 11.8 Å². The molecule has 0 spiro atoms. The van der Waals surface area contributed by atoms with Gasteiger partial charge in [0.1, 0.15) is 6.10 Å². The maximum absolute atomic E-state index is 14.4. The molecule has 4 rings (SSSR count). The van der Waals surface area contributed by atoms with Crippen molar-refractivity contribution in [3.8, 4) is 0 Å². The smallest absolute Gasteiger partial charge is 0.174 e. The zero-order chi connectivity index (χ0) is 21.4. The van der Waals surface area contributed by atoms with Gasteiger partial charge in [0.05, 0.1) is 17.7 Å². The van der Waals surface area contributed by atoms with Crippen LogP contribution in [-0.2, 0) is 10.9 Å². The fraction of sp³-hybridized carbons (Fsp3) is 0.538. The van der Waals surface area contributed by atoms with Gasteiger partial charge >= 0.3 is 0 Å². The van der Waals surface area contributed by atoms with E-state index in [9.17, 15) is 4.89 Å². The average Bonchev–Trinajstić information content (AvgIpc) is 2.73. The molecule has 1 saturated heterocycles. The van der Waals surface area contributed by atoms with Crippen LogP contribution in [0.15, 0.2) is 60.7 Å². The Hall–Kier alpha value is -1.25. The van der Waals surface area contributed by atoms with Gasteiger partial charge in [-0.1, -0.05) is 74.0 Å². The second-order valence-electron chi connectivity index (χ2n) is 9.74. The first-order valence-corrected chi connectivity index (χ1v) is 13.3. The first-order valence-electron chi connectivity index (χ1n) is 11.5. The van der Waals surface area contributed by atoms with Gasteiger partial charge in [-0.15, -0.1) is 4.67 Å². The molecule has 2 aromatic rings. The Morgan fingerprint density at radius 3 is 2.33 bits per heavy atom. The predicted octanol–water partition coefficient (Wildman–Crippen LogP) is 6.03. The van der Waals surface area contributed by atoms with Gasteiger partial charge in [-0.2, -0.15) is 0 Å². The van der Waals surface area contributed by atoms with Crippen molar-refractivity contribution >= 4 is 7.87 Å². The fourth-order valence-electron chi connectivity index (χ4n) is 5.78. The van der Waals surface area contributed by atoms with Gasteiger partial charge in [0.2, 0.25) is 0 Å². The lowest BCUT2D eigenvalue weighted by Crippen LogP contribution is -2.62. The molecule has 4 heteroatoms. The molecule has 0 bridgehead atoms. The standard InChI is InChI=1S/C26H36NO2P/c1-5-30(28)27(26(3,4)23-17-16-20(2)18-25(23)29-30)24(22-14-10-7-11-15-22)19-21-12-8-6-9-13-21/h6-15,20,23-25H,5,16-19H2,1-4H3/t20-,23-,24+,25-,30?/m1/s1. The summed E-state index contributed by atoms with van der Waals surface area (Å²) in [4.78, 5) is 14.4. The van der Waals surface area contributed by atoms with Gasteiger partial charge in [-0.05, 0) is 57.1 Å². The van der Waals surface area contributed by atoms with Crippen LogP contribution in [0.4, 0.5) is 0 Å². The second-order valence-corrected chi connectivity index (χ2v) is 12.3. The Kier molecular flexibility index (Phi) is 6.38. The maximum atomic E-state index is 14.4. The Morgan fingerprint density at radius 2 is 1.70 bits per heavy atom. The molecule has 3 nitrogen and oxygen atoms in total. The van der Waals surface area contributed by atoms with Crippen molar-refractivity contribution in [3.05, 3.63) is 71.8 Å². The summed E-state index contributed by atoms with van der Waals surface area (Å²) < 4.78 is 8.87. The average molecular weight is 426 g/mol. The molecular weight excluding hydrogens is 389 g/mol. The Labute approximate surface area is 183 Å². The van der Waals surface area contributed by atoms with Crippen LogP contribution in [0.2, 0.25) is 0 Å². The molecule has 1 unspecified atom stereocenters. The highest BCUT2D eigenvalue weighted by molar-refractivity contribution is 7.61. The van der Waals surface area contributed by atoms with Crippen molar-refractivity contribution in [1.29, 1.82) is 0 Å². The van der Waals surface area contributed by atoms with Gasteiger partial charge in [-0.25, -0.2) is 4.52 Å². The molecule has 0 radical (unpaired) electrons. The molecule has 162 valence electrons. The number of hydrogen-bond donors (Lipinski definition) is 0. The summed E-state index contributed by atoms with van der Waals surface area (Å²) in [5, 5.41) is 0. The number of fused-ring (bicyclic) bond motifs is 1. The third-order valence-electron chi connectivity index (χ3n) is 7.33. The lowest BCUT2D eigenvalue weighted by atomic mass is 9.71. The van der Waals surface area contributed by atoms with E-state index in [1.54, 1.807) is 0 Å². The van der Waals surface area contributed by atoms with Crippen LogP contribution in [0.1, 0.15) is 64.1 Å². The molecular formula is C26H36NO2P. The summed E-state index contributed by atoms with van der Waals surface area (Å²) in [6.45, 7) is 8.96. The number of nitrogens with zero attached hydrogens (tertiary/aromatic N) is 1. The Bertz CT molecular complexity index is 827. The number of benzene rings is 2. The van der Waals surface area contributed by atoms with Crippen LogP contribution >= 0.6 is 7.87 Å². The number of rotatable bonds is 5. The molecule has 1 heterocycles. The Balaban J connectivity index is 1.78. The van der Waals surface area contributed by atoms with Crippen LogP contribution in [0, 0.1) is 11.8 Å². The van der Waals surface area contributed by atoms with E-state index in [1.165, 1.54) is 17.5 Å². The molecule has 5 atom stereocenters. The van der Waals surface area contributed by atoms with Gasteiger partial charge in [-0.3, -0.25) is 0 Å². The van der Waals surface area contributed by atoms with E-state index in [4.69, 9.17) is 4.52 Å². The molecule has 1 aliphatic heterocycles. The van der Waals surface area contributed by atoms with Crippen LogP contribution in [0.3, 0.4) is 0 Å². The van der Waals surface area contributed by atoms with Crippen LogP contribution in [-0.4, -0.2) is 22.5 Å². The van der Waals surface area contributed by atoms with Crippen molar-refractivity contribution in [3.63, 3.8) is 0 Å². The summed E-state index contributed by atoms with van der Waals surface area (Å²) in [6.07, 6.45) is 4.89. The largest absolute Gasteiger partial charge is 0.641 e. The monoisotopic (exact) mass is 425 g/mol. The SMILES string of the molecule is CC[P+]1([O-])O[C@@H]2C[C@H](C)CC[C@H]2C(C)(C)N1[C@@H](Cc1ccccc1)c1ccccc1. The molecule has 2 aliphatic rings. The van der Waals surface area contributed by atoms with E-state index in [2.05, 4.69) is 86.1 Å². The second kappa shape index (κ2) is 8.71. The zero-order valence-electron chi connectivity index (χ0n) is 18.8. The Morgan fingerprint density at radius 1 is 1.07 bits per heavy atom. The first-order chi connectivity index (χ1) is 14.3. The summed E-state index contributed by atoms with van der Waals surface area (Å²) >= 11 is 0. The predicted molar refractivity (Wildman–Crippen MR) is 124 cm³/mol. The highest BCUT2D eigenvalue weighted by Gasteiger charge is 2.60. The summed E-state index contributed by atoms with van der Waals surface area (Å²) in [5.74, 6) is 1.05. The molecule has 0 N–H and O–H groups in total. The van der Waals surface area contributed by atoms with E-state index in [1.807, 2.05) is 6.92 Å². The third kappa shape index (κ3) is 4.10. The van der Waals surface area contributed by atoms with E-state index in [-0.39, 0.29) is 17.7 Å². The normalized spacial score (nSPS) is 32.4. The number of hydrogen-bond acceptors (Lipinski definition) is 3. The van der Waals surface area contributed by atoms with Gasteiger partial charge in [0, 0.05) is 5.92 Å². The zero-order valence-corrected chi connectivity index (χ0v) is 19.7. The van der Waals surface area contributed by atoms with Crippen molar-refractivity contribution in [2.45, 2.75) is 71.1 Å². The minimum Gasteiger partial charge on any atom is -0.641 e. The first kappa shape index (κ1) is 22.0. The van der Waals surface area contributed by atoms with Gasteiger partial charge < -0.3 is 4.89 Å². The summed E-state index contributed by atoms with van der Waals surface area (Å²) in [6, 6.07) is 21.2. The quantitative estimate of drug-likeness (QED) is 0.549. The van der Waals surface area contributed by atoms with Crippen LogP contribution < -0.4 is 4.89 Å². The van der Waals surface area contributed by atoms with Crippen LogP contribution in [0.5, 0.6) is 0 Å². The molecule has 1 saturated carbocycles. The minimum absolute atomic E-state index is 0.0229. The summed E-state index contributed by atoms with van der Waals surface area (Å²) in [7, 11) is -2.97. The fourth-order valence-corrected chi connectivity index (χ4v) is 8.56. The minimum atomic E-state index is -2.97. The van der Waals surface area contributed by atoms with Crippen molar-refractivity contribution in [1.82, 2.24) is 4.67 Å². The lowest BCUT2D eigenvalue weighted by molar-refractivity contribution is -0.239. The highest BCUT2D eigenvalue weighted by atomic mass is 31.2. The third-order valence-corrected chi connectivity index (χ3v) is 10.2. The van der Waals surface area contributed by atoms with Crippen molar-refractivity contribution in [2.75, 3.05) is 6.16 Å². The molecule has 2 aromatic carbocycles. The molecule has 0 amide bonds. The molecule has 30 heavy (non-hydrogen) atoms. The van der Waals surface area contributed by atoms with E-state index in [0.717, 1.165) is 19.3 Å². The molecule has 2 fully saturated rings. The molecule has 1 aliphatic carbocycles. The van der Waals surface area contributed by atoms with Gasteiger partial charge in [0.15, 0.2) is 7.87 Å². The van der Waals surface area contributed by atoms with E-state index >= 15 is 0 Å². The summed E-state index contributed by atoms with van der Waals surface area (Å²) in [5.41, 5.74) is 2.29. The van der Waals surface area contributed by atoms with E-state index < -0.39 is 7.87 Å². The topological polar surface area (TPSA) is 35.5 Å². The lowest BCUT2D eigenvalue weighted by Gasteiger charge is -2.60. The van der Waals surface area contributed by atoms with Gasteiger partial charge in [0.25, 0.3) is 0 Å². The highest BCUT2D eigenvalue weighted by Crippen LogP contribution is 2.69. The molecule has 0 aromatic heterocycles. The van der Waals surface area contributed by atoms with Crippen molar-refractivity contribution < 1.29 is 9.42 Å². The van der Waals surface area contributed by atoms with Crippen LogP contribution in [0.25, 0.3) is 0 Å². The maximum Gasteiger partial charge on any atom is 0.174 e.